The van der Waals surface area contributed by atoms with Gasteiger partial charge in [-0.2, -0.15) is 0 Å². The van der Waals surface area contributed by atoms with Crippen LogP contribution in [0.4, 0.5) is 5.69 Å². The number of imide groups is 1. The number of amides is 2. The monoisotopic (exact) mass is 286 g/mol. The summed E-state index contributed by atoms with van der Waals surface area (Å²) < 4.78 is 0. The Hall–Kier alpha value is -2.33. The van der Waals surface area contributed by atoms with Gasteiger partial charge in [-0.15, -0.1) is 0 Å². The summed E-state index contributed by atoms with van der Waals surface area (Å²) in [5.41, 5.74) is 7.76. The second-order valence-corrected chi connectivity index (χ2v) is 5.01. The fourth-order valence-electron chi connectivity index (χ4n) is 2.23. The van der Waals surface area contributed by atoms with Crippen molar-refractivity contribution in [1.82, 2.24) is 4.90 Å². The van der Waals surface area contributed by atoms with E-state index in [1.165, 1.54) is 4.90 Å². The topological polar surface area (TPSA) is 63.4 Å². The zero-order valence-corrected chi connectivity index (χ0v) is 11.2. The van der Waals surface area contributed by atoms with Gasteiger partial charge >= 0.3 is 0 Å². The number of nitrogen functional groups attached to an aromatic ring is 1. The molecule has 0 fully saturated rings. The fraction of sp³-hybridized carbons (Fsp3) is 0.0667. The van der Waals surface area contributed by atoms with Gasteiger partial charge in [0.05, 0.1) is 28.4 Å². The van der Waals surface area contributed by atoms with Gasteiger partial charge in [-0.3, -0.25) is 14.5 Å². The number of rotatable bonds is 2. The van der Waals surface area contributed by atoms with E-state index in [2.05, 4.69) is 0 Å². The number of anilines is 1. The van der Waals surface area contributed by atoms with Crippen molar-refractivity contribution < 1.29 is 9.59 Å². The minimum absolute atomic E-state index is 0.187. The maximum atomic E-state index is 12.2. The molecule has 5 heteroatoms. The van der Waals surface area contributed by atoms with Crippen LogP contribution in [0.25, 0.3) is 0 Å². The number of benzene rings is 2. The Morgan fingerprint density at radius 2 is 1.60 bits per heavy atom. The molecule has 1 heterocycles. The van der Waals surface area contributed by atoms with Gasteiger partial charge in [0, 0.05) is 0 Å². The summed E-state index contributed by atoms with van der Waals surface area (Å²) in [5, 5.41) is 0.416. The summed E-state index contributed by atoms with van der Waals surface area (Å²) >= 11 is 5.95. The molecule has 1 aliphatic heterocycles. The highest BCUT2D eigenvalue weighted by molar-refractivity contribution is 6.33. The second-order valence-electron chi connectivity index (χ2n) is 4.60. The number of nitrogens with zero attached hydrogens (tertiary/aromatic N) is 1. The Bertz CT molecular complexity index is 693. The summed E-state index contributed by atoms with van der Waals surface area (Å²) in [6.07, 6.45) is 0. The van der Waals surface area contributed by atoms with E-state index >= 15 is 0 Å². The Balaban J connectivity index is 1.91. The van der Waals surface area contributed by atoms with Crippen molar-refractivity contribution in [2.45, 2.75) is 6.54 Å². The average Bonchev–Trinajstić information content (AvgIpc) is 2.69. The zero-order valence-electron chi connectivity index (χ0n) is 10.5. The van der Waals surface area contributed by atoms with Gasteiger partial charge < -0.3 is 5.73 Å². The highest BCUT2D eigenvalue weighted by Gasteiger charge is 2.34. The van der Waals surface area contributed by atoms with Crippen molar-refractivity contribution in [2.24, 2.45) is 0 Å². The van der Waals surface area contributed by atoms with E-state index in [9.17, 15) is 9.59 Å². The number of hydrogen-bond acceptors (Lipinski definition) is 3. The minimum atomic E-state index is -0.279. The van der Waals surface area contributed by atoms with Gasteiger partial charge in [-0.25, -0.2) is 0 Å². The molecule has 2 N–H and O–H groups in total. The van der Waals surface area contributed by atoms with Gasteiger partial charge in [-0.05, 0) is 29.8 Å². The lowest BCUT2D eigenvalue weighted by Gasteiger charge is -2.14. The lowest BCUT2D eigenvalue weighted by atomic mass is 10.1. The first-order valence-electron chi connectivity index (χ1n) is 6.07. The van der Waals surface area contributed by atoms with E-state index in [1.807, 2.05) is 0 Å². The van der Waals surface area contributed by atoms with Crippen molar-refractivity contribution in [1.29, 1.82) is 0 Å². The van der Waals surface area contributed by atoms with Gasteiger partial charge in [-0.1, -0.05) is 29.8 Å². The highest BCUT2D eigenvalue weighted by Crippen LogP contribution is 2.26. The molecule has 0 saturated heterocycles. The van der Waals surface area contributed by atoms with Crippen molar-refractivity contribution in [3.63, 3.8) is 0 Å². The van der Waals surface area contributed by atoms with Crippen LogP contribution >= 0.6 is 11.6 Å². The van der Waals surface area contributed by atoms with Crippen molar-refractivity contribution >= 4 is 29.1 Å². The van der Waals surface area contributed by atoms with Crippen LogP contribution in [0.1, 0.15) is 26.3 Å². The maximum Gasteiger partial charge on any atom is 0.261 e. The number of carbonyl (C=O) groups is 2. The second kappa shape index (κ2) is 4.65. The molecule has 0 spiro atoms. The summed E-state index contributed by atoms with van der Waals surface area (Å²) in [7, 11) is 0. The first-order valence-corrected chi connectivity index (χ1v) is 6.45. The first-order chi connectivity index (χ1) is 9.58. The van der Waals surface area contributed by atoms with Gasteiger partial charge in [0.25, 0.3) is 11.8 Å². The fourth-order valence-corrected chi connectivity index (χ4v) is 2.44. The molecule has 0 aliphatic carbocycles. The van der Waals surface area contributed by atoms with E-state index in [-0.39, 0.29) is 18.4 Å². The zero-order chi connectivity index (χ0) is 14.3. The summed E-state index contributed by atoms with van der Waals surface area (Å²) in [6, 6.07) is 11.9. The summed E-state index contributed by atoms with van der Waals surface area (Å²) in [5.74, 6) is -0.558. The van der Waals surface area contributed by atoms with E-state index in [0.29, 0.717) is 21.8 Å². The first kappa shape index (κ1) is 12.7. The third kappa shape index (κ3) is 1.94. The molecule has 0 radical (unpaired) electrons. The largest absolute Gasteiger partial charge is 0.398 e. The maximum absolute atomic E-state index is 12.2. The van der Waals surface area contributed by atoms with Gasteiger partial charge in [0.1, 0.15) is 0 Å². The van der Waals surface area contributed by atoms with Crippen molar-refractivity contribution in [2.75, 3.05) is 5.73 Å². The lowest BCUT2D eigenvalue weighted by molar-refractivity contribution is 0.0642. The van der Waals surface area contributed by atoms with Crippen LogP contribution in [0, 0.1) is 0 Å². The van der Waals surface area contributed by atoms with Gasteiger partial charge in [0.2, 0.25) is 0 Å². The van der Waals surface area contributed by atoms with Crippen LogP contribution in [0.5, 0.6) is 0 Å². The van der Waals surface area contributed by atoms with E-state index in [0.717, 1.165) is 5.56 Å². The van der Waals surface area contributed by atoms with E-state index in [4.69, 9.17) is 17.3 Å². The van der Waals surface area contributed by atoms with Crippen LogP contribution in [-0.4, -0.2) is 16.7 Å². The molecule has 0 bridgehead atoms. The minimum Gasteiger partial charge on any atom is -0.398 e. The van der Waals surface area contributed by atoms with Crippen molar-refractivity contribution in [3.05, 3.63) is 64.2 Å². The van der Waals surface area contributed by atoms with Crippen LogP contribution in [-0.2, 0) is 6.54 Å². The SMILES string of the molecule is Nc1ccc(CN2C(=O)c3ccccc3C2=O)cc1Cl. The number of carbonyl (C=O) groups excluding carboxylic acids is 2. The molecule has 2 aromatic rings. The Labute approximate surface area is 120 Å². The molecule has 0 saturated carbocycles. The molecule has 4 nitrogen and oxygen atoms in total. The normalized spacial score (nSPS) is 13.8. The predicted molar refractivity (Wildman–Crippen MR) is 76.5 cm³/mol. The van der Waals surface area contributed by atoms with Crippen LogP contribution < -0.4 is 5.73 Å². The molecular formula is C15H11ClN2O2. The third-order valence-electron chi connectivity index (χ3n) is 3.28. The molecule has 2 aromatic carbocycles. The summed E-state index contributed by atoms with van der Waals surface area (Å²) in [4.78, 5) is 25.6. The summed E-state index contributed by atoms with van der Waals surface area (Å²) in [6.45, 7) is 0.187. The van der Waals surface area contributed by atoms with Crippen LogP contribution in [0.2, 0.25) is 5.02 Å². The number of hydrogen-bond donors (Lipinski definition) is 1. The van der Waals surface area contributed by atoms with Crippen LogP contribution in [0.15, 0.2) is 42.5 Å². The highest BCUT2D eigenvalue weighted by atomic mass is 35.5. The van der Waals surface area contributed by atoms with Crippen molar-refractivity contribution in [3.8, 4) is 0 Å². The Morgan fingerprint density at radius 3 is 2.15 bits per heavy atom. The molecule has 0 aromatic heterocycles. The molecule has 20 heavy (non-hydrogen) atoms. The van der Waals surface area contributed by atoms with Gasteiger partial charge in [0.15, 0.2) is 0 Å². The molecule has 1 aliphatic rings. The molecule has 2 amide bonds. The molecular weight excluding hydrogens is 276 g/mol. The quantitative estimate of drug-likeness (QED) is 0.682. The van der Waals surface area contributed by atoms with Crippen LogP contribution in [0.3, 0.4) is 0 Å². The number of fused-ring (bicyclic) bond motifs is 1. The standard InChI is InChI=1S/C15H11ClN2O2/c16-12-7-9(5-6-13(12)17)8-18-14(19)10-3-1-2-4-11(10)15(18)20/h1-7H,8,17H2. The van der Waals surface area contributed by atoms with E-state index < -0.39 is 0 Å². The molecule has 0 atom stereocenters. The number of halogens is 1. The third-order valence-corrected chi connectivity index (χ3v) is 3.61. The Kier molecular flexibility index (Phi) is 2.95. The Morgan fingerprint density at radius 1 is 1.00 bits per heavy atom. The van der Waals surface area contributed by atoms with E-state index in [1.54, 1.807) is 42.5 Å². The number of nitrogens with two attached hydrogens (primary N) is 1. The average molecular weight is 287 g/mol. The molecule has 3 rings (SSSR count). The molecule has 0 unspecified atom stereocenters. The predicted octanol–water partition coefficient (Wildman–Crippen LogP) is 2.72. The smallest absolute Gasteiger partial charge is 0.261 e. The lowest BCUT2D eigenvalue weighted by Crippen LogP contribution is -2.29. The molecule has 100 valence electrons.